The number of sulfonamides is 1. The molecule has 0 spiro atoms. The van der Waals surface area contributed by atoms with Crippen molar-refractivity contribution in [3.63, 3.8) is 0 Å². The molecule has 1 fully saturated rings. The number of ketones is 1. The molecule has 2 amide bonds. The molecule has 0 unspecified atom stereocenters. The Balaban J connectivity index is 1.57. The molecule has 1 aliphatic rings. The standard InChI is InChI=1S/C26H33N3O5S/c1-18(27-24(31)21-6-10-22(11-7-21)26(3,4)5)25(32)28-14-16-29(17-15-28)35(33,34)23-12-8-20(9-13-23)19(2)30/h6-13,18H,14-17H2,1-5H3,(H,27,31)/t18-/m0/s1. The molecule has 0 bridgehead atoms. The van der Waals surface area contributed by atoms with Gasteiger partial charge in [0.15, 0.2) is 5.78 Å². The van der Waals surface area contributed by atoms with Gasteiger partial charge in [0.25, 0.3) is 5.91 Å². The van der Waals surface area contributed by atoms with Gasteiger partial charge in [-0.2, -0.15) is 4.31 Å². The highest BCUT2D eigenvalue weighted by Crippen LogP contribution is 2.22. The van der Waals surface area contributed by atoms with E-state index in [2.05, 4.69) is 26.1 Å². The number of carbonyl (C=O) groups excluding carboxylic acids is 3. The number of piperazine rings is 1. The van der Waals surface area contributed by atoms with E-state index in [4.69, 9.17) is 0 Å². The number of amides is 2. The zero-order chi connectivity index (χ0) is 26.0. The van der Waals surface area contributed by atoms with E-state index >= 15 is 0 Å². The van der Waals surface area contributed by atoms with Crippen molar-refractivity contribution in [3.8, 4) is 0 Å². The lowest BCUT2D eigenvalue weighted by atomic mass is 9.86. The molecule has 1 aliphatic heterocycles. The molecule has 0 radical (unpaired) electrons. The van der Waals surface area contributed by atoms with Crippen molar-refractivity contribution in [2.45, 2.75) is 51.0 Å². The van der Waals surface area contributed by atoms with Crippen LogP contribution < -0.4 is 5.32 Å². The first-order valence-electron chi connectivity index (χ1n) is 11.6. The van der Waals surface area contributed by atoms with E-state index in [1.54, 1.807) is 24.0 Å². The highest BCUT2D eigenvalue weighted by atomic mass is 32.2. The number of nitrogens with zero attached hydrogens (tertiary/aromatic N) is 2. The molecular weight excluding hydrogens is 466 g/mol. The van der Waals surface area contributed by atoms with Gasteiger partial charge >= 0.3 is 0 Å². The molecule has 35 heavy (non-hydrogen) atoms. The summed E-state index contributed by atoms with van der Waals surface area (Å²) < 4.78 is 27.2. The highest BCUT2D eigenvalue weighted by molar-refractivity contribution is 7.89. The van der Waals surface area contributed by atoms with Crippen molar-refractivity contribution < 1.29 is 22.8 Å². The second kappa shape index (κ2) is 10.3. The van der Waals surface area contributed by atoms with Gasteiger partial charge < -0.3 is 10.2 Å². The van der Waals surface area contributed by atoms with Crippen molar-refractivity contribution in [2.24, 2.45) is 0 Å². The zero-order valence-electron chi connectivity index (χ0n) is 20.9. The molecule has 9 heteroatoms. The molecule has 1 saturated heterocycles. The minimum atomic E-state index is -3.73. The Morgan fingerprint density at radius 3 is 1.86 bits per heavy atom. The first-order chi connectivity index (χ1) is 16.3. The monoisotopic (exact) mass is 499 g/mol. The van der Waals surface area contributed by atoms with Crippen LogP contribution in [0.5, 0.6) is 0 Å². The van der Waals surface area contributed by atoms with E-state index in [-0.39, 0.29) is 54.1 Å². The Hall–Kier alpha value is -3.04. The number of Topliss-reactive ketones (excluding diaryl/α,β-unsaturated/α-hetero) is 1. The molecule has 1 atom stereocenters. The predicted molar refractivity (Wildman–Crippen MR) is 134 cm³/mol. The molecule has 2 aromatic rings. The van der Waals surface area contributed by atoms with Crippen LogP contribution in [0.1, 0.15) is 60.9 Å². The van der Waals surface area contributed by atoms with Gasteiger partial charge in [0, 0.05) is 37.3 Å². The lowest BCUT2D eigenvalue weighted by molar-refractivity contribution is -0.134. The Kier molecular flexibility index (Phi) is 7.81. The maximum Gasteiger partial charge on any atom is 0.251 e. The van der Waals surface area contributed by atoms with Crippen molar-refractivity contribution in [2.75, 3.05) is 26.2 Å². The van der Waals surface area contributed by atoms with E-state index in [0.29, 0.717) is 11.1 Å². The molecule has 0 saturated carbocycles. The second-order valence-electron chi connectivity index (χ2n) is 9.83. The molecular formula is C26H33N3O5S. The van der Waals surface area contributed by atoms with Crippen LogP contribution >= 0.6 is 0 Å². The Morgan fingerprint density at radius 1 is 0.857 bits per heavy atom. The second-order valence-corrected chi connectivity index (χ2v) is 11.8. The van der Waals surface area contributed by atoms with Crippen LogP contribution in [-0.4, -0.2) is 67.4 Å². The smallest absolute Gasteiger partial charge is 0.251 e. The minimum absolute atomic E-state index is 0.0219. The molecule has 8 nitrogen and oxygen atoms in total. The van der Waals surface area contributed by atoms with Crippen LogP contribution in [0, 0.1) is 0 Å². The molecule has 1 N–H and O–H groups in total. The number of nitrogens with one attached hydrogen (secondary N) is 1. The van der Waals surface area contributed by atoms with E-state index in [0.717, 1.165) is 5.56 Å². The average Bonchev–Trinajstić information content (AvgIpc) is 2.83. The quantitative estimate of drug-likeness (QED) is 0.616. The average molecular weight is 500 g/mol. The fourth-order valence-electron chi connectivity index (χ4n) is 3.90. The van der Waals surface area contributed by atoms with E-state index in [1.165, 1.54) is 35.5 Å². The van der Waals surface area contributed by atoms with E-state index < -0.39 is 16.1 Å². The molecule has 2 aromatic carbocycles. The summed E-state index contributed by atoms with van der Waals surface area (Å²) >= 11 is 0. The van der Waals surface area contributed by atoms with E-state index in [9.17, 15) is 22.8 Å². The highest BCUT2D eigenvalue weighted by Gasteiger charge is 2.32. The van der Waals surface area contributed by atoms with Crippen LogP contribution in [-0.2, 0) is 20.2 Å². The molecule has 0 aromatic heterocycles. The van der Waals surface area contributed by atoms with Gasteiger partial charge in [0.1, 0.15) is 6.04 Å². The van der Waals surface area contributed by atoms with Crippen LogP contribution in [0.2, 0.25) is 0 Å². The maximum absolute atomic E-state index is 12.9. The normalized spacial score (nSPS) is 16.0. The summed E-state index contributed by atoms with van der Waals surface area (Å²) in [5, 5.41) is 2.74. The topological polar surface area (TPSA) is 104 Å². The first kappa shape index (κ1) is 26.6. The fourth-order valence-corrected chi connectivity index (χ4v) is 5.32. The number of benzene rings is 2. The largest absolute Gasteiger partial charge is 0.341 e. The molecule has 0 aliphatic carbocycles. The summed E-state index contributed by atoms with van der Waals surface area (Å²) in [7, 11) is -3.73. The van der Waals surface area contributed by atoms with Crippen LogP contribution in [0.25, 0.3) is 0 Å². The van der Waals surface area contributed by atoms with Crippen LogP contribution in [0.4, 0.5) is 0 Å². The summed E-state index contributed by atoms with van der Waals surface area (Å²) in [5.74, 6) is -0.724. The lowest BCUT2D eigenvalue weighted by Crippen LogP contribution is -2.55. The minimum Gasteiger partial charge on any atom is -0.341 e. The van der Waals surface area contributed by atoms with Gasteiger partial charge in [-0.1, -0.05) is 45.0 Å². The zero-order valence-corrected chi connectivity index (χ0v) is 21.7. The van der Waals surface area contributed by atoms with Gasteiger partial charge in [-0.15, -0.1) is 0 Å². The van der Waals surface area contributed by atoms with Gasteiger partial charge in [0.2, 0.25) is 15.9 Å². The van der Waals surface area contributed by atoms with Crippen LogP contribution in [0.3, 0.4) is 0 Å². The van der Waals surface area contributed by atoms with Crippen LogP contribution in [0.15, 0.2) is 53.4 Å². The first-order valence-corrected chi connectivity index (χ1v) is 13.1. The summed E-state index contributed by atoms with van der Waals surface area (Å²) in [6, 6.07) is 12.4. The summed E-state index contributed by atoms with van der Waals surface area (Å²) in [6.45, 7) is 10.1. The van der Waals surface area contributed by atoms with Gasteiger partial charge in [-0.25, -0.2) is 8.42 Å². The van der Waals surface area contributed by atoms with Gasteiger partial charge in [-0.05, 0) is 49.1 Å². The molecule has 1 heterocycles. The SMILES string of the molecule is CC(=O)c1ccc(S(=O)(=O)N2CCN(C(=O)[C@H](C)NC(=O)c3ccc(C(C)(C)C)cc3)CC2)cc1. The third kappa shape index (κ3) is 6.15. The van der Waals surface area contributed by atoms with E-state index in [1.807, 2.05) is 12.1 Å². The number of rotatable bonds is 6. The Labute approximate surface area is 207 Å². The van der Waals surface area contributed by atoms with Crippen molar-refractivity contribution >= 4 is 27.6 Å². The number of carbonyl (C=O) groups is 3. The number of hydrogen-bond acceptors (Lipinski definition) is 5. The van der Waals surface area contributed by atoms with Crippen molar-refractivity contribution in [3.05, 3.63) is 65.2 Å². The third-order valence-electron chi connectivity index (χ3n) is 6.18. The lowest BCUT2D eigenvalue weighted by Gasteiger charge is -2.35. The third-order valence-corrected chi connectivity index (χ3v) is 8.09. The Morgan fingerprint density at radius 2 is 1.37 bits per heavy atom. The van der Waals surface area contributed by atoms with Crippen molar-refractivity contribution in [1.82, 2.24) is 14.5 Å². The van der Waals surface area contributed by atoms with Gasteiger partial charge in [0.05, 0.1) is 4.90 Å². The van der Waals surface area contributed by atoms with Gasteiger partial charge in [-0.3, -0.25) is 14.4 Å². The molecule has 188 valence electrons. The summed E-state index contributed by atoms with van der Waals surface area (Å²) in [4.78, 5) is 38.6. The summed E-state index contributed by atoms with van der Waals surface area (Å²) in [5.41, 5.74) is 2.01. The predicted octanol–water partition coefficient (Wildman–Crippen LogP) is 2.84. The molecule has 3 rings (SSSR count). The Bertz CT molecular complexity index is 1190. The van der Waals surface area contributed by atoms with Crippen molar-refractivity contribution in [1.29, 1.82) is 0 Å². The fraction of sp³-hybridized carbons (Fsp3) is 0.423. The summed E-state index contributed by atoms with van der Waals surface area (Å²) in [6.07, 6.45) is 0. The maximum atomic E-state index is 12.9. The number of hydrogen-bond donors (Lipinski definition) is 1.